The zero-order valence-electron chi connectivity index (χ0n) is 14.3. The summed E-state index contributed by atoms with van der Waals surface area (Å²) in [5, 5.41) is 10.6. The van der Waals surface area contributed by atoms with Crippen LogP contribution in [0.1, 0.15) is 47.6 Å². The summed E-state index contributed by atoms with van der Waals surface area (Å²) in [5.74, 6) is 0.668. The van der Waals surface area contributed by atoms with Gasteiger partial charge in [-0.2, -0.15) is 5.10 Å². The first kappa shape index (κ1) is 17.0. The molecule has 0 spiro atoms. The van der Waals surface area contributed by atoms with Crippen LogP contribution in [0.5, 0.6) is 0 Å². The van der Waals surface area contributed by atoms with Gasteiger partial charge in [-0.15, -0.1) is 0 Å². The fourth-order valence-electron chi connectivity index (χ4n) is 2.45. The van der Waals surface area contributed by atoms with E-state index >= 15 is 0 Å². The van der Waals surface area contributed by atoms with Gasteiger partial charge in [0.2, 0.25) is 0 Å². The van der Waals surface area contributed by atoms with Crippen molar-refractivity contribution >= 4 is 11.7 Å². The lowest BCUT2D eigenvalue weighted by Gasteiger charge is -2.08. The summed E-state index contributed by atoms with van der Waals surface area (Å²) in [7, 11) is 0. The van der Waals surface area contributed by atoms with Gasteiger partial charge in [0.25, 0.3) is 5.91 Å². The Morgan fingerprint density at radius 3 is 2.61 bits per heavy atom. The number of carbonyl (C=O) groups is 1. The van der Waals surface area contributed by atoms with E-state index in [0.29, 0.717) is 18.7 Å². The summed E-state index contributed by atoms with van der Waals surface area (Å²) in [6, 6.07) is 3.62. The second-order valence-electron chi connectivity index (χ2n) is 5.51. The Balaban J connectivity index is 1.99. The first-order chi connectivity index (χ1) is 11.1. The number of pyridine rings is 1. The third kappa shape index (κ3) is 4.09. The lowest BCUT2D eigenvalue weighted by molar-refractivity contribution is 0.0953. The zero-order chi connectivity index (χ0) is 16.8. The number of rotatable bonds is 7. The molecule has 0 saturated carbocycles. The SMILES string of the molecule is CCCNC(=O)c1ccc(NCc2c(C)nn(CC)c2C)nc1. The Bertz CT molecular complexity index is 660. The molecule has 2 aromatic heterocycles. The van der Waals surface area contributed by atoms with Crippen LogP contribution in [0, 0.1) is 13.8 Å². The maximum absolute atomic E-state index is 11.8. The molecule has 0 saturated heterocycles. The van der Waals surface area contributed by atoms with E-state index in [1.807, 2.05) is 24.6 Å². The van der Waals surface area contributed by atoms with Crippen molar-refractivity contribution in [3.63, 3.8) is 0 Å². The normalized spacial score (nSPS) is 10.6. The lowest BCUT2D eigenvalue weighted by Crippen LogP contribution is -2.24. The molecule has 0 unspecified atom stereocenters. The molecule has 0 aromatic carbocycles. The van der Waals surface area contributed by atoms with E-state index in [0.717, 1.165) is 24.5 Å². The molecular weight excluding hydrogens is 290 g/mol. The molecule has 124 valence electrons. The Labute approximate surface area is 137 Å². The number of aromatic nitrogens is 3. The summed E-state index contributed by atoms with van der Waals surface area (Å²) in [4.78, 5) is 16.1. The number of hydrogen-bond donors (Lipinski definition) is 2. The van der Waals surface area contributed by atoms with Gasteiger partial charge in [-0.25, -0.2) is 4.98 Å². The maximum atomic E-state index is 11.8. The van der Waals surface area contributed by atoms with Crippen molar-refractivity contribution in [2.75, 3.05) is 11.9 Å². The highest BCUT2D eigenvalue weighted by Gasteiger charge is 2.10. The minimum atomic E-state index is -0.0817. The highest BCUT2D eigenvalue weighted by molar-refractivity contribution is 5.93. The van der Waals surface area contributed by atoms with Crippen LogP contribution < -0.4 is 10.6 Å². The van der Waals surface area contributed by atoms with Crippen molar-refractivity contribution in [3.05, 3.63) is 40.8 Å². The Kier molecular flexibility index (Phi) is 5.73. The minimum absolute atomic E-state index is 0.0817. The van der Waals surface area contributed by atoms with Gasteiger partial charge in [0.05, 0.1) is 11.3 Å². The van der Waals surface area contributed by atoms with Crippen molar-refractivity contribution in [2.45, 2.75) is 47.2 Å². The molecule has 2 heterocycles. The van der Waals surface area contributed by atoms with Gasteiger partial charge >= 0.3 is 0 Å². The molecule has 0 aliphatic carbocycles. The molecule has 0 aliphatic heterocycles. The number of hydrogen-bond acceptors (Lipinski definition) is 4. The van der Waals surface area contributed by atoms with Crippen molar-refractivity contribution in [3.8, 4) is 0 Å². The summed E-state index contributed by atoms with van der Waals surface area (Å²) >= 11 is 0. The Hall–Kier alpha value is -2.37. The topological polar surface area (TPSA) is 71.8 Å². The van der Waals surface area contributed by atoms with Crippen molar-refractivity contribution in [1.82, 2.24) is 20.1 Å². The van der Waals surface area contributed by atoms with Crippen LogP contribution in [0.3, 0.4) is 0 Å². The molecule has 2 rings (SSSR count). The van der Waals surface area contributed by atoms with Crippen LogP contribution in [0.2, 0.25) is 0 Å². The van der Waals surface area contributed by atoms with Crippen LogP contribution in [0.15, 0.2) is 18.3 Å². The van der Waals surface area contributed by atoms with Gasteiger partial charge < -0.3 is 10.6 Å². The molecule has 1 amide bonds. The number of anilines is 1. The predicted molar refractivity (Wildman–Crippen MR) is 91.6 cm³/mol. The van der Waals surface area contributed by atoms with Crippen molar-refractivity contribution in [1.29, 1.82) is 0 Å². The maximum Gasteiger partial charge on any atom is 0.252 e. The fourth-order valence-corrected chi connectivity index (χ4v) is 2.45. The molecule has 6 heteroatoms. The summed E-state index contributed by atoms with van der Waals surface area (Å²) < 4.78 is 2.00. The third-order valence-corrected chi connectivity index (χ3v) is 3.84. The molecule has 0 atom stereocenters. The minimum Gasteiger partial charge on any atom is -0.366 e. The molecule has 2 aromatic rings. The highest BCUT2D eigenvalue weighted by atomic mass is 16.1. The molecule has 0 bridgehead atoms. The molecular formula is C17H25N5O. The summed E-state index contributed by atoms with van der Waals surface area (Å²) in [6.45, 7) is 10.4. The standard InChI is InChI=1S/C17H25N5O/c1-5-9-18-17(23)14-7-8-16(19-10-14)20-11-15-12(3)21-22(6-2)13(15)4/h7-8,10H,5-6,9,11H2,1-4H3,(H,18,23)(H,19,20). The van der Waals surface area contributed by atoms with E-state index in [-0.39, 0.29) is 5.91 Å². The third-order valence-electron chi connectivity index (χ3n) is 3.84. The lowest BCUT2D eigenvalue weighted by atomic mass is 10.2. The zero-order valence-corrected chi connectivity index (χ0v) is 14.3. The van der Waals surface area contributed by atoms with Gasteiger partial charge in [-0.05, 0) is 39.3 Å². The average molecular weight is 315 g/mol. The quantitative estimate of drug-likeness (QED) is 0.824. The summed E-state index contributed by atoms with van der Waals surface area (Å²) in [6.07, 6.45) is 2.52. The van der Waals surface area contributed by atoms with Crippen LogP contribution in [0.25, 0.3) is 0 Å². The first-order valence-electron chi connectivity index (χ1n) is 8.07. The van der Waals surface area contributed by atoms with Crippen LogP contribution in [-0.2, 0) is 13.1 Å². The fraction of sp³-hybridized carbons (Fsp3) is 0.471. The molecule has 2 N–H and O–H groups in total. The number of aryl methyl sites for hydroxylation is 2. The van der Waals surface area contributed by atoms with Gasteiger partial charge in [-0.3, -0.25) is 9.48 Å². The Morgan fingerprint density at radius 2 is 2.04 bits per heavy atom. The van der Waals surface area contributed by atoms with E-state index in [4.69, 9.17) is 0 Å². The van der Waals surface area contributed by atoms with E-state index in [1.54, 1.807) is 12.3 Å². The van der Waals surface area contributed by atoms with Crippen molar-refractivity contribution < 1.29 is 4.79 Å². The van der Waals surface area contributed by atoms with Crippen molar-refractivity contribution in [2.24, 2.45) is 0 Å². The number of carbonyl (C=O) groups excluding carboxylic acids is 1. The van der Waals surface area contributed by atoms with Gasteiger partial charge in [0.15, 0.2) is 0 Å². The number of nitrogens with zero attached hydrogens (tertiary/aromatic N) is 3. The highest BCUT2D eigenvalue weighted by Crippen LogP contribution is 2.15. The average Bonchev–Trinajstić information content (AvgIpc) is 2.85. The largest absolute Gasteiger partial charge is 0.366 e. The van der Waals surface area contributed by atoms with E-state index in [9.17, 15) is 4.79 Å². The van der Waals surface area contributed by atoms with Crippen LogP contribution in [0.4, 0.5) is 5.82 Å². The molecule has 6 nitrogen and oxygen atoms in total. The van der Waals surface area contributed by atoms with E-state index in [2.05, 4.69) is 34.6 Å². The number of nitrogens with one attached hydrogen (secondary N) is 2. The van der Waals surface area contributed by atoms with E-state index < -0.39 is 0 Å². The smallest absolute Gasteiger partial charge is 0.252 e. The molecule has 23 heavy (non-hydrogen) atoms. The second kappa shape index (κ2) is 7.76. The van der Waals surface area contributed by atoms with Crippen LogP contribution in [-0.4, -0.2) is 27.2 Å². The van der Waals surface area contributed by atoms with Gasteiger partial charge in [0, 0.05) is 37.1 Å². The summed E-state index contributed by atoms with van der Waals surface area (Å²) in [5.41, 5.74) is 3.98. The first-order valence-corrected chi connectivity index (χ1v) is 8.07. The molecule has 0 fully saturated rings. The number of amides is 1. The monoisotopic (exact) mass is 315 g/mol. The van der Waals surface area contributed by atoms with Crippen LogP contribution >= 0.6 is 0 Å². The van der Waals surface area contributed by atoms with Gasteiger partial charge in [-0.1, -0.05) is 6.92 Å². The molecule has 0 radical (unpaired) electrons. The Morgan fingerprint density at radius 1 is 1.26 bits per heavy atom. The van der Waals surface area contributed by atoms with Gasteiger partial charge in [0.1, 0.15) is 5.82 Å². The van der Waals surface area contributed by atoms with E-state index in [1.165, 1.54) is 11.3 Å². The molecule has 0 aliphatic rings. The predicted octanol–water partition coefficient (Wildman–Crippen LogP) is 2.67. The second-order valence-corrected chi connectivity index (χ2v) is 5.51.